The number of halogens is 2. The molecule has 100 valence electrons. The van der Waals surface area contributed by atoms with Gasteiger partial charge in [-0.1, -0.05) is 24.3 Å². The Balaban J connectivity index is 2.34. The zero-order chi connectivity index (χ0) is 13.8. The summed E-state index contributed by atoms with van der Waals surface area (Å²) < 4.78 is 27.4. The molecule has 0 aliphatic carbocycles. The number of hydrogen-bond acceptors (Lipinski definition) is 2. The van der Waals surface area contributed by atoms with Crippen LogP contribution in [-0.4, -0.2) is 11.7 Å². The van der Waals surface area contributed by atoms with Crippen LogP contribution in [-0.2, 0) is 0 Å². The fourth-order valence-electron chi connectivity index (χ4n) is 1.98. The van der Waals surface area contributed by atoms with Crippen LogP contribution in [0.4, 0.5) is 14.5 Å². The monoisotopic (exact) mass is 263 g/mol. The number of benzene rings is 2. The summed E-state index contributed by atoms with van der Waals surface area (Å²) in [5.41, 5.74) is 1.54. The maximum absolute atomic E-state index is 13.7. The maximum Gasteiger partial charge on any atom is 0.131 e. The molecule has 0 bridgehead atoms. The highest BCUT2D eigenvalue weighted by Gasteiger charge is 2.19. The van der Waals surface area contributed by atoms with Gasteiger partial charge in [-0.05, 0) is 30.7 Å². The molecule has 2 aromatic rings. The van der Waals surface area contributed by atoms with Crippen molar-refractivity contribution < 1.29 is 13.9 Å². The average Bonchev–Trinajstić information content (AvgIpc) is 2.39. The third-order valence-electron chi connectivity index (χ3n) is 3.01. The number of aliphatic hydroxyl groups excluding tert-OH is 1. The Morgan fingerprint density at radius 3 is 2.26 bits per heavy atom. The third kappa shape index (κ3) is 2.90. The molecule has 0 amide bonds. The summed E-state index contributed by atoms with van der Waals surface area (Å²) in [6.07, 6.45) is 0. The van der Waals surface area contributed by atoms with Crippen LogP contribution in [0.25, 0.3) is 0 Å². The number of rotatable bonds is 4. The summed E-state index contributed by atoms with van der Waals surface area (Å²) in [5.74, 6) is -1.33. The molecule has 4 heteroatoms. The van der Waals surface area contributed by atoms with E-state index in [9.17, 15) is 13.9 Å². The molecule has 0 spiro atoms. The predicted octanol–water partition coefficient (Wildman–Crippen LogP) is 3.42. The summed E-state index contributed by atoms with van der Waals surface area (Å²) in [6, 6.07) is 10.2. The number of aryl methyl sites for hydroxylation is 1. The fourth-order valence-corrected chi connectivity index (χ4v) is 1.98. The predicted molar refractivity (Wildman–Crippen MR) is 71.0 cm³/mol. The number of nitrogens with one attached hydrogen (secondary N) is 1. The van der Waals surface area contributed by atoms with Crippen molar-refractivity contribution in [2.45, 2.75) is 13.0 Å². The van der Waals surface area contributed by atoms with Crippen LogP contribution in [0.2, 0.25) is 0 Å². The van der Waals surface area contributed by atoms with Gasteiger partial charge in [0.1, 0.15) is 11.6 Å². The van der Waals surface area contributed by atoms with Gasteiger partial charge in [0.2, 0.25) is 0 Å². The first-order valence-electron chi connectivity index (χ1n) is 6.00. The normalized spacial score (nSPS) is 12.2. The quantitative estimate of drug-likeness (QED) is 0.886. The van der Waals surface area contributed by atoms with E-state index in [0.29, 0.717) is 0 Å². The molecule has 0 aliphatic heterocycles. The molecule has 2 rings (SSSR count). The number of aliphatic hydroxyl groups is 1. The van der Waals surface area contributed by atoms with E-state index in [1.54, 1.807) is 6.07 Å². The molecule has 2 nitrogen and oxygen atoms in total. The lowest BCUT2D eigenvalue weighted by molar-refractivity contribution is 0.271. The van der Waals surface area contributed by atoms with Crippen molar-refractivity contribution in [1.82, 2.24) is 0 Å². The van der Waals surface area contributed by atoms with Gasteiger partial charge < -0.3 is 10.4 Å². The SMILES string of the molecule is Cc1ccccc1NC(CO)c1c(F)cccc1F. The van der Waals surface area contributed by atoms with Crippen LogP contribution in [0, 0.1) is 18.6 Å². The van der Waals surface area contributed by atoms with Crippen LogP contribution in [0.15, 0.2) is 42.5 Å². The van der Waals surface area contributed by atoms with Gasteiger partial charge in [0.15, 0.2) is 0 Å². The van der Waals surface area contributed by atoms with Gasteiger partial charge in [-0.2, -0.15) is 0 Å². The third-order valence-corrected chi connectivity index (χ3v) is 3.01. The Kier molecular flexibility index (Phi) is 4.12. The first-order valence-corrected chi connectivity index (χ1v) is 6.00. The van der Waals surface area contributed by atoms with E-state index >= 15 is 0 Å². The van der Waals surface area contributed by atoms with Crippen molar-refractivity contribution in [3.05, 3.63) is 65.2 Å². The minimum Gasteiger partial charge on any atom is -0.394 e. The van der Waals surface area contributed by atoms with Crippen LogP contribution in [0.3, 0.4) is 0 Å². The summed E-state index contributed by atoms with van der Waals surface area (Å²) in [6.45, 7) is 1.49. The molecule has 1 atom stereocenters. The van der Waals surface area contributed by atoms with Gasteiger partial charge >= 0.3 is 0 Å². The van der Waals surface area contributed by atoms with E-state index in [1.807, 2.05) is 25.1 Å². The highest BCUT2D eigenvalue weighted by molar-refractivity contribution is 5.52. The Hall–Kier alpha value is -1.94. The molecule has 0 saturated carbocycles. The highest BCUT2D eigenvalue weighted by Crippen LogP contribution is 2.25. The van der Waals surface area contributed by atoms with Gasteiger partial charge in [0.25, 0.3) is 0 Å². The maximum atomic E-state index is 13.7. The molecule has 0 aliphatic rings. The lowest BCUT2D eigenvalue weighted by Crippen LogP contribution is -2.18. The van der Waals surface area contributed by atoms with Crippen molar-refractivity contribution in [2.24, 2.45) is 0 Å². The van der Waals surface area contributed by atoms with E-state index in [1.165, 1.54) is 18.2 Å². The minimum atomic E-state index is -0.817. The molecular weight excluding hydrogens is 248 g/mol. The van der Waals surface area contributed by atoms with Crippen molar-refractivity contribution in [3.8, 4) is 0 Å². The standard InChI is InChI=1S/C15H15F2NO/c1-10-5-2-3-8-13(10)18-14(9-19)15-11(16)6-4-7-12(15)17/h2-8,14,18-19H,9H2,1H3. The lowest BCUT2D eigenvalue weighted by Gasteiger charge is -2.20. The zero-order valence-corrected chi connectivity index (χ0v) is 10.5. The molecule has 0 radical (unpaired) electrons. The van der Waals surface area contributed by atoms with Crippen molar-refractivity contribution in [3.63, 3.8) is 0 Å². The van der Waals surface area contributed by atoms with Crippen LogP contribution in [0.5, 0.6) is 0 Å². The average molecular weight is 263 g/mol. The van der Waals surface area contributed by atoms with Gasteiger partial charge in [0, 0.05) is 11.3 Å². The van der Waals surface area contributed by atoms with Gasteiger partial charge in [-0.25, -0.2) is 8.78 Å². The molecular formula is C15H15F2NO. The van der Waals surface area contributed by atoms with Crippen LogP contribution in [0.1, 0.15) is 17.2 Å². The fraction of sp³-hybridized carbons (Fsp3) is 0.200. The largest absolute Gasteiger partial charge is 0.394 e. The van der Waals surface area contributed by atoms with Crippen LogP contribution >= 0.6 is 0 Å². The number of hydrogen-bond donors (Lipinski definition) is 2. The second-order valence-electron chi connectivity index (χ2n) is 4.33. The molecule has 19 heavy (non-hydrogen) atoms. The van der Waals surface area contributed by atoms with E-state index < -0.39 is 24.3 Å². The first-order chi connectivity index (χ1) is 9.13. The molecule has 0 fully saturated rings. The molecule has 0 heterocycles. The van der Waals surface area contributed by atoms with E-state index in [4.69, 9.17) is 0 Å². The lowest BCUT2D eigenvalue weighted by atomic mass is 10.0. The van der Waals surface area contributed by atoms with Gasteiger partial charge in [-0.15, -0.1) is 0 Å². The Bertz CT molecular complexity index is 552. The Morgan fingerprint density at radius 1 is 1.05 bits per heavy atom. The highest BCUT2D eigenvalue weighted by atomic mass is 19.1. The van der Waals surface area contributed by atoms with Crippen molar-refractivity contribution in [2.75, 3.05) is 11.9 Å². The molecule has 2 aromatic carbocycles. The van der Waals surface area contributed by atoms with E-state index in [-0.39, 0.29) is 5.56 Å². The second-order valence-corrected chi connectivity index (χ2v) is 4.33. The minimum absolute atomic E-state index is 0.145. The topological polar surface area (TPSA) is 32.3 Å². The van der Waals surface area contributed by atoms with E-state index in [0.717, 1.165) is 11.3 Å². The number of anilines is 1. The first kappa shape index (κ1) is 13.5. The summed E-state index contributed by atoms with van der Waals surface area (Å²) >= 11 is 0. The second kappa shape index (κ2) is 5.80. The van der Waals surface area contributed by atoms with Crippen molar-refractivity contribution >= 4 is 5.69 Å². The number of para-hydroxylation sites is 1. The smallest absolute Gasteiger partial charge is 0.131 e. The van der Waals surface area contributed by atoms with Gasteiger partial charge in [-0.3, -0.25) is 0 Å². The van der Waals surface area contributed by atoms with Crippen molar-refractivity contribution in [1.29, 1.82) is 0 Å². The van der Waals surface area contributed by atoms with E-state index in [2.05, 4.69) is 5.32 Å². The Labute approximate surface area is 110 Å². The summed E-state index contributed by atoms with van der Waals surface area (Å²) in [4.78, 5) is 0. The summed E-state index contributed by atoms with van der Waals surface area (Å²) in [5, 5.41) is 12.3. The molecule has 1 unspecified atom stereocenters. The Morgan fingerprint density at radius 2 is 1.68 bits per heavy atom. The summed E-state index contributed by atoms with van der Waals surface area (Å²) in [7, 11) is 0. The molecule has 0 saturated heterocycles. The molecule has 2 N–H and O–H groups in total. The van der Waals surface area contributed by atoms with Crippen LogP contribution < -0.4 is 5.32 Å². The molecule has 0 aromatic heterocycles. The zero-order valence-electron chi connectivity index (χ0n) is 10.5. The van der Waals surface area contributed by atoms with Gasteiger partial charge in [0.05, 0.1) is 12.6 Å².